The average molecular weight is 453 g/mol. The van der Waals surface area contributed by atoms with Gasteiger partial charge in [0.2, 0.25) is 0 Å². The van der Waals surface area contributed by atoms with E-state index in [0.717, 1.165) is 27.9 Å². The number of hydrogen-bond acceptors (Lipinski definition) is 1. The molecule has 0 aliphatic carbocycles. The van der Waals surface area contributed by atoms with E-state index in [2.05, 4.69) is 130 Å². The summed E-state index contributed by atoms with van der Waals surface area (Å²) in [5, 5.41) is 0. The van der Waals surface area contributed by atoms with Crippen LogP contribution in [0.15, 0.2) is 114 Å². The number of hydrogen-bond donors (Lipinski definition) is 0. The molecule has 146 valence electrons. The van der Waals surface area contributed by atoms with Crippen molar-refractivity contribution in [3.8, 4) is 0 Å². The third-order valence-electron chi connectivity index (χ3n) is 5.44. The van der Waals surface area contributed by atoms with Crippen molar-refractivity contribution in [3.05, 3.63) is 136 Å². The molecule has 1 heterocycles. The summed E-state index contributed by atoms with van der Waals surface area (Å²) in [7, 11) is 0. The van der Waals surface area contributed by atoms with Crippen LogP contribution in [0.4, 0.5) is 0 Å². The summed E-state index contributed by atoms with van der Waals surface area (Å²) in [5.74, 6) is 1.13. The monoisotopic (exact) mass is 452 g/mol. The molecule has 0 fully saturated rings. The predicted octanol–water partition coefficient (Wildman–Crippen LogP) is 7.03. The van der Waals surface area contributed by atoms with Gasteiger partial charge in [-0.2, -0.15) is 0 Å². The van der Waals surface area contributed by atoms with Gasteiger partial charge in [-0.25, -0.2) is 4.98 Å². The summed E-state index contributed by atoms with van der Waals surface area (Å²) in [6.07, 6.45) is 0. The van der Waals surface area contributed by atoms with Gasteiger partial charge in [0.05, 0.1) is 17.0 Å². The van der Waals surface area contributed by atoms with Crippen LogP contribution >= 0.6 is 15.9 Å². The second-order valence-electron chi connectivity index (χ2n) is 7.43. The molecule has 0 atom stereocenters. The van der Waals surface area contributed by atoms with E-state index in [9.17, 15) is 0 Å². The van der Waals surface area contributed by atoms with E-state index in [1.165, 1.54) is 16.7 Å². The highest BCUT2D eigenvalue weighted by molar-refractivity contribution is 9.10. The molecule has 1 aromatic heterocycles. The number of halogens is 1. The first kappa shape index (κ1) is 18.8. The van der Waals surface area contributed by atoms with Crippen molar-refractivity contribution in [1.29, 1.82) is 0 Å². The van der Waals surface area contributed by atoms with Gasteiger partial charge in [-0.3, -0.25) is 0 Å². The maximum atomic E-state index is 5.14. The van der Waals surface area contributed by atoms with Crippen LogP contribution in [0.2, 0.25) is 0 Å². The van der Waals surface area contributed by atoms with Gasteiger partial charge in [0, 0.05) is 11.0 Å². The number of aromatic nitrogens is 2. The van der Waals surface area contributed by atoms with Gasteiger partial charge in [-0.05, 0) is 41.0 Å². The van der Waals surface area contributed by atoms with Crippen molar-refractivity contribution in [2.24, 2.45) is 0 Å². The quantitative estimate of drug-likeness (QED) is 0.279. The van der Waals surface area contributed by atoms with E-state index < -0.39 is 0 Å². The molecule has 5 aromatic rings. The van der Waals surface area contributed by atoms with Gasteiger partial charge in [0.25, 0.3) is 0 Å². The zero-order valence-electron chi connectivity index (χ0n) is 16.4. The van der Waals surface area contributed by atoms with Crippen LogP contribution in [0.25, 0.3) is 11.0 Å². The van der Waals surface area contributed by atoms with Crippen LogP contribution < -0.4 is 0 Å². The fraction of sp³-hybridized carbons (Fsp3) is 0.0741. The molecule has 0 bridgehead atoms. The van der Waals surface area contributed by atoms with Gasteiger partial charge in [-0.1, -0.05) is 101 Å². The summed E-state index contributed by atoms with van der Waals surface area (Å²) in [4.78, 5) is 5.14. The fourth-order valence-electron chi connectivity index (χ4n) is 4.08. The van der Waals surface area contributed by atoms with Gasteiger partial charge >= 0.3 is 0 Å². The third kappa shape index (κ3) is 3.69. The summed E-state index contributed by atoms with van der Waals surface area (Å²) in [6, 6.07) is 38.2. The molecule has 0 saturated heterocycles. The molecule has 0 spiro atoms. The molecule has 0 unspecified atom stereocenters. The van der Waals surface area contributed by atoms with Crippen molar-refractivity contribution in [2.45, 2.75) is 12.5 Å². The molecular weight excluding hydrogens is 432 g/mol. The van der Waals surface area contributed by atoms with E-state index in [-0.39, 0.29) is 5.92 Å². The van der Waals surface area contributed by atoms with Crippen LogP contribution in [0, 0.1) is 0 Å². The Morgan fingerprint density at radius 2 is 1.33 bits per heavy atom. The van der Waals surface area contributed by atoms with Gasteiger partial charge < -0.3 is 4.57 Å². The van der Waals surface area contributed by atoms with E-state index in [0.29, 0.717) is 0 Å². The minimum Gasteiger partial charge on any atom is -0.323 e. The van der Waals surface area contributed by atoms with Crippen LogP contribution in [-0.4, -0.2) is 9.55 Å². The fourth-order valence-corrected chi connectivity index (χ4v) is 4.53. The number of para-hydroxylation sites is 2. The van der Waals surface area contributed by atoms with E-state index in [1.807, 2.05) is 0 Å². The van der Waals surface area contributed by atoms with Crippen molar-refractivity contribution < 1.29 is 0 Å². The Kier molecular flexibility index (Phi) is 5.20. The van der Waals surface area contributed by atoms with Crippen LogP contribution in [0.5, 0.6) is 0 Å². The molecule has 0 amide bonds. The lowest BCUT2D eigenvalue weighted by Crippen LogP contribution is -2.13. The summed E-state index contributed by atoms with van der Waals surface area (Å²) in [5.41, 5.74) is 5.92. The van der Waals surface area contributed by atoms with Crippen LogP contribution in [0.3, 0.4) is 0 Å². The first-order valence-electron chi connectivity index (χ1n) is 10.1. The smallest absolute Gasteiger partial charge is 0.122 e. The van der Waals surface area contributed by atoms with E-state index in [1.54, 1.807) is 0 Å². The SMILES string of the molecule is Brc1cccc(Cn2c(C(c3ccccc3)c3ccccc3)nc3ccccc32)c1. The lowest BCUT2D eigenvalue weighted by molar-refractivity contribution is 0.723. The highest BCUT2D eigenvalue weighted by Crippen LogP contribution is 2.34. The number of nitrogens with zero attached hydrogens (tertiary/aromatic N) is 2. The first-order chi connectivity index (χ1) is 14.8. The minimum atomic E-state index is 0.0620. The highest BCUT2D eigenvalue weighted by Gasteiger charge is 2.23. The largest absolute Gasteiger partial charge is 0.323 e. The molecule has 30 heavy (non-hydrogen) atoms. The Balaban J connectivity index is 1.73. The molecule has 3 heteroatoms. The Morgan fingerprint density at radius 3 is 2.00 bits per heavy atom. The molecule has 0 aliphatic heterocycles. The molecule has 0 saturated carbocycles. The molecular formula is C27H21BrN2. The van der Waals surface area contributed by atoms with E-state index in [4.69, 9.17) is 4.98 Å². The standard InChI is InChI=1S/C27H21BrN2/c28-23-15-9-10-20(18-23)19-30-25-17-8-7-16-24(25)29-27(30)26(21-11-3-1-4-12-21)22-13-5-2-6-14-22/h1-18,26H,19H2. The zero-order chi connectivity index (χ0) is 20.3. The second kappa shape index (κ2) is 8.29. The Morgan fingerprint density at radius 1 is 0.700 bits per heavy atom. The molecule has 5 rings (SSSR count). The number of imidazole rings is 1. The molecule has 0 N–H and O–H groups in total. The number of rotatable bonds is 5. The number of benzene rings is 4. The van der Waals surface area contributed by atoms with Crippen molar-refractivity contribution >= 4 is 27.0 Å². The Labute approximate surface area is 185 Å². The Bertz CT molecular complexity index is 1240. The van der Waals surface area contributed by atoms with Crippen molar-refractivity contribution in [1.82, 2.24) is 9.55 Å². The maximum absolute atomic E-state index is 5.14. The third-order valence-corrected chi connectivity index (χ3v) is 5.93. The van der Waals surface area contributed by atoms with Gasteiger partial charge in [0.1, 0.15) is 5.82 Å². The normalized spacial score (nSPS) is 11.3. The average Bonchev–Trinajstić information content (AvgIpc) is 3.13. The van der Waals surface area contributed by atoms with Crippen molar-refractivity contribution in [3.63, 3.8) is 0 Å². The molecule has 2 nitrogen and oxygen atoms in total. The van der Waals surface area contributed by atoms with Crippen LogP contribution in [0.1, 0.15) is 28.4 Å². The van der Waals surface area contributed by atoms with Crippen LogP contribution in [-0.2, 0) is 6.54 Å². The lowest BCUT2D eigenvalue weighted by Gasteiger charge is -2.20. The second-order valence-corrected chi connectivity index (χ2v) is 8.34. The highest BCUT2D eigenvalue weighted by atomic mass is 79.9. The zero-order valence-corrected chi connectivity index (χ0v) is 18.0. The molecule has 0 radical (unpaired) electrons. The topological polar surface area (TPSA) is 17.8 Å². The lowest BCUT2D eigenvalue weighted by atomic mass is 9.90. The van der Waals surface area contributed by atoms with Gasteiger partial charge in [-0.15, -0.1) is 0 Å². The van der Waals surface area contributed by atoms with Gasteiger partial charge in [0.15, 0.2) is 0 Å². The molecule has 4 aromatic carbocycles. The number of fused-ring (bicyclic) bond motifs is 1. The van der Waals surface area contributed by atoms with Crippen molar-refractivity contribution in [2.75, 3.05) is 0 Å². The Hall–Kier alpha value is -3.17. The van der Waals surface area contributed by atoms with E-state index >= 15 is 0 Å². The first-order valence-corrected chi connectivity index (χ1v) is 10.9. The summed E-state index contributed by atoms with van der Waals surface area (Å²) < 4.78 is 3.45. The maximum Gasteiger partial charge on any atom is 0.122 e. The summed E-state index contributed by atoms with van der Waals surface area (Å²) in [6.45, 7) is 0.769. The minimum absolute atomic E-state index is 0.0620. The molecule has 0 aliphatic rings. The predicted molar refractivity (Wildman–Crippen MR) is 127 cm³/mol. The summed E-state index contributed by atoms with van der Waals surface area (Å²) >= 11 is 3.61.